The summed E-state index contributed by atoms with van der Waals surface area (Å²) in [6.07, 6.45) is 1.31. The summed E-state index contributed by atoms with van der Waals surface area (Å²) in [7, 11) is 0. The zero-order valence-electron chi connectivity index (χ0n) is 10.9. The number of carbonyl (C=O) groups is 1. The highest BCUT2D eigenvalue weighted by molar-refractivity contribution is 5.67. The third-order valence-corrected chi connectivity index (χ3v) is 1.77. The van der Waals surface area contributed by atoms with Gasteiger partial charge < -0.3 is 10.8 Å². The van der Waals surface area contributed by atoms with Crippen molar-refractivity contribution in [3.8, 4) is 0 Å². The number of non-ortho nitro benzene ring substituents is 1. The minimum Gasteiger partial charge on any atom is -0.481 e. The number of nitrogens with zero attached hydrogens (tertiary/aromatic N) is 3. The summed E-state index contributed by atoms with van der Waals surface area (Å²) in [4.78, 5) is 28.7. The Morgan fingerprint density at radius 1 is 1.43 bits per heavy atom. The first-order valence-corrected chi connectivity index (χ1v) is 5.39. The Hall–Kier alpha value is -3.08. The summed E-state index contributed by atoms with van der Waals surface area (Å²) >= 11 is 0. The van der Waals surface area contributed by atoms with Gasteiger partial charge in [-0.3, -0.25) is 30.4 Å². The molecule has 0 bridgehead atoms. The van der Waals surface area contributed by atoms with Crippen LogP contribution in [-0.4, -0.2) is 33.7 Å². The van der Waals surface area contributed by atoms with E-state index < -0.39 is 21.5 Å². The third kappa shape index (κ3) is 7.17. The monoisotopic (exact) mass is 299 g/mol. The van der Waals surface area contributed by atoms with Crippen molar-refractivity contribution in [2.75, 3.05) is 12.0 Å². The highest BCUT2D eigenvalue weighted by Gasteiger charge is 2.18. The van der Waals surface area contributed by atoms with Crippen molar-refractivity contribution >= 4 is 29.2 Å². The first-order valence-electron chi connectivity index (χ1n) is 5.39. The Morgan fingerprint density at radius 2 is 2.00 bits per heavy atom. The smallest absolute Gasteiger partial charge is 0.301 e. The number of nitro groups is 2. The molecule has 0 saturated heterocycles. The van der Waals surface area contributed by atoms with Gasteiger partial charge >= 0.3 is 5.69 Å². The molecule has 0 saturated carbocycles. The zero-order chi connectivity index (χ0) is 16.4. The highest BCUT2D eigenvalue weighted by atomic mass is 16.6. The van der Waals surface area contributed by atoms with Gasteiger partial charge in [-0.15, -0.1) is 0 Å². The molecule has 0 amide bonds. The molecule has 1 rings (SSSR count). The van der Waals surface area contributed by atoms with Crippen LogP contribution in [0.5, 0.6) is 0 Å². The van der Waals surface area contributed by atoms with E-state index in [4.69, 9.17) is 15.6 Å². The summed E-state index contributed by atoms with van der Waals surface area (Å²) in [6.45, 7) is 1.26. The van der Waals surface area contributed by atoms with Crippen molar-refractivity contribution in [3.05, 3.63) is 38.4 Å². The molecule has 0 unspecified atom stereocenters. The van der Waals surface area contributed by atoms with E-state index >= 15 is 0 Å². The molecule has 0 aromatic heterocycles. The fraction of sp³-hybridized carbons (Fsp3) is 0.200. The van der Waals surface area contributed by atoms with E-state index in [1.807, 2.05) is 0 Å². The lowest BCUT2D eigenvalue weighted by Gasteiger charge is -2.01. The van der Waals surface area contributed by atoms with Crippen LogP contribution in [0.15, 0.2) is 23.3 Å². The van der Waals surface area contributed by atoms with E-state index in [0.717, 1.165) is 19.1 Å². The van der Waals surface area contributed by atoms with E-state index in [-0.39, 0.29) is 17.9 Å². The molecule has 0 fully saturated rings. The first kappa shape index (κ1) is 17.9. The number of nitrogens with one attached hydrogen (secondary N) is 1. The average molecular weight is 299 g/mol. The average Bonchev–Trinajstić information content (AvgIpc) is 2.38. The molecule has 0 aliphatic carbocycles. The number of aliphatic carboxylic acids is 1. The summed E-state index contributed by atoms with van der Waals surface area (Å²) in [5.41, 5.74) is 6.81. The number of benzene rings is 1. The maximum atomic E-state index is 10.7. The lowest BCUT2D eigenvalue weighted by Crippen LogP contribution is -2.02. The fourth-order valence-corrected chi connectivity index (χ4v) is 1.05. The normalized spacial score (nSPS) is 9.62. The zero-order valence-corrected chi connectivity index (χ0v) is 10.9. The highest BCUT2D eigenvalue weighted by Crippen LogP contribution is 2.28. The van der Waals surface area contributed by atoms with E-state index in [1.165, 1.54) is 12.3 Å². The standard InChI is InChI=1S/C8H9N5O4.C2H4O2/c9-3-4-10-11-7-2-1-6(12(14)15)5-8(7)13(16)17;1-2(3)4/h1-2,4-5,11H,3,9H2;1H3,(H,3,4)/b10-4+;. The summed E-state index contributed by atoms with van der Waals surface area (Å²) < 4.78 is 0. The summed E-state index contributed by atoms with van der Waals surface area (Å²) in [5.74, 6) is -0.833. The molecule has 1 aromatic rings. The van der Waals surface area contributed by atoms with Crippen LogP contribution < -0.4 is 11.2 Å². The number of hydrogen-bond donors (Lipinski definition) is 3. The maximum Gasteiger partial charge on any atom is 0.301 e. The van der Waals surface area contributed by atoms with Gasteiger partial charge in [-0.1, -0.05) is 0 Å². The SMILES string of the molecule is CC(=O)O.NC/C=N/Nc1ccc([N+](=O)[O-])cc1[N+](=O)[O-]. The van der Waals surface area contributed by atoms with Gasteiger partial charge in [-0.05, 0) is 6.07 Å². The van der Waals surface area contributed by atoms with Gasteiger partial charge in [0.15, 0.2) is 0 Å². The number of carboxylic acids is 1. The maximum absolute atomic E-state index is 10.7. The number of hydrazone groups is 1. The third-order valence-electron chi connectivity index (χ3n) is 1.77. The van der Waals surface area contributed by atoms with Crippen molar-refractivity contribution < 1.29 is 19.7 Å². The van der Waals surface area contributed by atoms with Crippen LogP contribution in [0.1, 0.15) is 6.92 Å². The molecule has 0 aliphatic rings. The molecule has 0 atom stereocenters. The van der Waals surface area contributed by atoms with Gasteiger partial charge in [-0.2, -0.15) is 5.10 Å². The number of rotatable bonds is 5. The molecule has 0 heterocycles. The Bertz CT molecular complexity index is 555. The van der Waals surface area contributed by atoms with Gasteiger partial charge in [0.25, 0.3) is 11.7 Å². The van der Waals surface area contributed by atoms with Gasteiger partial charge in [0.1, 0.15) is 5.69 Å². The van der Waals surface area contributed by atoms with Gasteiger partial charge in [-0.25, -0.2) is 0 Å². The number of carboxylic acid groups (broad SMARTS) is 1. The molecule has 114 valence electrons. The molecule has 0 aliphatic heterocycles. The second kappa shape index (κ2) is 8.92. The quantitative estimate of drug-likeness (QED) is 0.409. The molecular formula is C10H13N5O6. The molecule has 0 radical (unpaired) electrons. The van der Waals surface area contributed by atoms with Crippen LogP contribution in [0, 0.1) is 20.2 Å². The Labute approximate surface area is 118 Å². The van der Waals surface area contributed by atoms with E-state index in [0.29, 0.717) is 0 Å². The van der Waals surface area contributed by atoms with Gasteiger partial charge in [0.05, 0.1) is 15.9 Å². The Kier molecular flexibility index (Phi) is 7.62. The number of nitrogens with two attached hydrogens (primary N) is 1. The van der Waals surface area contributed by atoms with Crippen LogP contribution in [0.25, 0.3) is 0 Å². The van der Waals surface area contributed by atoms with E-state index in [2.05, 4.69) is 10.5 Å². The number of anilines is 1. The van der Waals surface area contributed by atoms with Crippen molar-refractivity contribution in [1.29, 1.82) is 0 Å². The lowest BCUT2D eigenvalue weighted by atomic mass is 10.2. The fourth-order valence-electron chi connectivity index (χ4n) is 1.05. The van der Waals surface area contributed by atoms with Crippen LogP contribution in [-0.2, 0) is 4.79 Å². The predicted octanol–water partition coefficient (Wildman–Crippen LogP) is 0.950. The lowest BCUT2D eigenvalue weighted by molar-refractivity contribution is -0.393. The van der Waals surface area contributed by atoms with Crippen LogP contribution in [0.4, 0.5) is 17.1 Å². The van der Waals surface area contributed by atoms with Crippen LogP contribution >= 0.6 is 0 Å². The van der Waals surface area contributed by atoms with Crippen LogP contribution in [0.3, 0.4) is 0 Å². The summed E-state index contributed by atoms with van der Waals surface area (Å²) in [5, 5.41) is 32.2. The first-order chi connectivity index (χ1) is 9.79. The minimum atomic E-state index is -0.833. The molecule has 0 spiro atoms. The number of hydrogen-bond acceptors (Lipinski definition) is 8. The van der Waals surface area contributed by atoms with E-state index in [9.17, 15) is 20.2 Å². The minimum absolute atomic E-state index is 0.0605. The molecule has 21 heavy (non-hydrogen) atoms. The predicted molar refractivity (Wildman–Crippen MR) is 74.2 cm³/mol. The molecular weight excluding hydrogens is 286 g/mol. The van der Waals surface area contributed by atoms with Crippen molar-refractivity contribution in [2.45, 2.75) is 6.92 Å². The molecule has 11 heteroatoms. The largest absolute Gasteiger partial charge is 0.481 e. The van der Waals surface area contributed by atoms with Crippen LogP contribution in [0.2, 0.25) is 0 Å². The second-order valence-corrected chi connectivity index (χ2v) is 3.39. The topological polar surface area (TPSA) is 174 Å². The van der Waals surface area contributed by atoms with Crippen molar-refractivity contribution in [1.82, 2.24) is 0 Å². The second-order valence-electron chi connectivity index (χ2n) is 3.39. The van der Waals surface area contributed by atoms with E-state index in [1.54, 1.807) is 0 Å². The molecule has 4 N–H and O–H groups in total. The Balaban J connectivity index is 0.000000885. The molecule has 1 aromatic carbocycles. The van der Waals surface area contributed by atoms with Gasteiger partial charge in [0.2, 0.25) is 0 Å². The Morgan fingerprint density at radius 3 is 2.43 bits per heavy atom. The molecule has 11 nitrogen and oxygen atoms in total. The summed E-state index contributed by atoms with van der Waals surface area (Å²) in [6, 6.07) is 3.22. The van der Waals surface area contributed by atoms with Gasteiger partial charge in [0, 0.05) is 25.7 Å². The van der Waals surface area contributed by atoms with Crippen molar-refractivity contribution in [2.24, 2.45) is 10.8 Å². The number of nitro benzene ring substituents is 2. The van der Waals surface area contributed by atoms with Crippen molar-refractivity contribution in [3.63, 3.8) is 0 Å².